The average molecular weight is 427 g/mol. The number of fused-ring (bicyclic) bond motifs is 2. The molecule has 0 N–H and O–H groups in total. The van der Waals surface area contributed by atoms with E-state index in [9.17, 15) is 4.79 Å². The molecule has 0 bridgehead atoms. The summed E-state index contributed by atoms with van der Waals surface area (Å²) >= 11 is 0. The molecule has 2 aromatic heterocycles. The number of cyclic esters (lactones) is 1. The number of aromatic nitrogens is 2. The van der Waals surface area contributed by atoms with Crippen molar-refractivity contribution in [2.45, 2.75) is 39.8 Å². The maximum absolute atomic E-state index is 13.2. The second-order valence-electron chi connectivity index (χ2n) is 8.12. The van der Waals surface area contributed by atoms with Gasteiger partial charge in [0.1, 0.15) is 11.4 Å². The van der Waals surface area contributed by atoms with Crippen molar-refractivity contribution in [2.75, 3.05) is 6.61 Å². The van der Waals surface area contributed by atoms with E-state index in [4.69, 9.17) is 14.5 Å². The molecule has 5 rings (SSSR count). The van der Waals surface area contributed by atoms with Gasteiger partial charge in [0.25, 0.3) is 0 Å². The number of carbonyl (C=O) groups is 1. The molecule has 0 saturated heterocycles. The van der Waals surface area contributed by atoms with Crippen molar-refractivity contribution < 1.29 is 14.3 Å². The maximum atomic E-state index is 13.2. The monoisotopic (exact) mass is 426 g/mol. The van der Waals surface area contributed by atoms with E-state index >= 15 is 0 Å². The molecule has 5 heteroatoms. The number of para-hydroxylation sites is 1. The first-order valence-corrected chi connectivity index (χ1v) is 11.0. The van der Waals surface area contributed by atoms with E-state index in [-0.39, 0.29) is 5.97 Å². The van der Waals surface area contributed by atoms with Gasteiger partial charge in [0.05, 0.1) is 12.2 Å². The predicted molar refractivity (Wildman–Crippen MR) is 124 cm³/mol. The maximum Gasteiger partial charge on any atom is 0.341 e. The summed E-state index contributed by atoms with van der Waals surface area (Å²) in [6, 6.07) is 17.9. The zero-order chi connectivity index (χ0) is 22.5. The minimum absolute atomic E-state index is 0.371. The van der Waals surface area contributed by atoms with E-state index in [0.29, 0.717) is 23.6 Å². The summed E-state index contributed by atoms with van der Waals surface area (Å²) in [5, 5.41) is 1.04. The zero-order valence-corrected chi connectivity index (χ0v) is 18.8. The average Bonchev–Trinajstić information content (AvgIpc) is 3.25. The van der Waals surface area contributed by atoms with Gasteiger partial charge >= 0.3 is 5.97 Å². The molecule has 1 atom stereocenters. The molecule has 5 nitrogen and oxygen atoms in total. The molecule has 0 amide bonds. The number of rotatable bonds is 5. The summed E-state index contributed by atoms with van der Waals surface area (Å²) in [7, 11) is 0. The van der Waals surface area contributed by atoms with Crippen LogP contribution in [-0.2, 0) is 16.9 Å². The number of ether oxygens (including phenoxy) is 2. The van der Waals surface area contributed by atoms with Crippen LogP contribution in [0.1, 0.15) is 52.3 Å². The van der Waals surface area contributed by atoms with Crippen molar-refractivity contribution in [3.63, 3.8) is 0 Å². The third-order valence-corrected chi connectivity index (χ3v) is 6.32. The van der Waals surface area contributed by atoms with Crippen molar-refractivity contribution in [1.82, 2.24) is 9.55 Å². The number of hydrogen-bond donors (Lipinski definition) is 0. The van der Waals surface area contributed by atoms with Crippen LogP contribution in [0, 0.1) is 13.8 Å². The zero-order valence-electron chi connectivity index (χ0n) is 18.8. The molecule has 2 aromatic carbocycles. The first-order valence-electron chi connectivity index (χ1n) is 11.0. The Morgan fingerprint density at radius 1 is 1.06 bits per heavy atom. The molecule has 32 heavy (non-hydrogen) atoms. The van der Waals surface area contributed by atoms with E-state index in [0.717, 1.165) is 39.8 Å². The van der Waals surface area contributed by atoms with Crippen LogP contribution in [0.15, 0.2) is 60.8 Å². The molecule has 1 aliphatic rings. The Morgan fingerprint density at radius 3 is 2.66 bits per heavy atom. The normalized spacial score (nSPS) is 17.4. The molecule has 0 fully saturated rings. The summed E-state index contributed by atoms with van der Waals surface area (Å²) in [6.07, 6.45) is 1.72. The van der Waals surface area contributed by atoms with E-state index in [1.807, 2.05) is 44.2 Å². The molecule has 162 valence electrons. The highest BCUT2D eigenvalue weighted by atomic mass is 16.6. The van der Waals surface area contributed by atoms with Gasteiger partial charge in [0, 0.05) is 40.5 Å². The number of hydrogen-bond acceptors (Lipinski definition) is 4. The van der Waals surface area contributed by atoms with Gasteiger partial charge in [-0.3, -0.25) is 4.98 Å². The quantitative estimate of drug-likeness (QED) is 0.394. The topological polar surface area (TPSA) is 53.4 Å². The minimum atomic E-state index is -1.20. The lowest BCUT2D eigenvalue weighted by atomic mass is 9.80. The smallest absolute Gasteiger partial charge is 0.341 e. The molecule has 0 aliphatic carbocycles. The standard InChI is InChI=1S/C27H26N2O3/c1-5-29-18(4)24(19-10-7-8-12-22(19)29)27(21-14-13-17(3)16-23(21)31-6-2)25-20(26(30)32-27)11-9-15-28-25/h7-16H,5-6H2,1-4H3. The van der Waals surface area contributed by atoms with E-state index in [2.05, 4.69) is 30.5 Å². The Kier molecular flexibility index (Phi) is 4.77. The molecular weight excluding hydrogens is 400 g/mol. The van der Waals surface area contributed by atoms with Crippen LogP contribution < -0.4 is 4.74 Å². The Labute approximate surface area is 187 Å². The van der Waals surface area contributed by atoms with E-state index in [1.165, 1.54) is 0 Å². The minimum Gasteiger partial charge on any atom is -0.493 e. The van der Waals surface area contributed by atoms with Crippen LogP contribution in [-0.4, -0.2) is 22.1 Å². The van der Waals surface area contributed by atoms with Crippen molar-refractivity contribution in [2.24, 2.45) is 0 Å². The van der Waals surface area contributed by atoms with Gasteiger partial charge in [0.15, 0.2) is 0 Å². The van der Waals surface area contributed by atoms with Crippen molar-refractivity contribution >= 4 is 16.9 Å². The van der Waals surface area contributed by atoms with Crippen molar-refractivity contribution in [3.05, 3.63) is 94.4 Å². The van der Waals surface area contributed by atoms with Gasteiger partial charge in [-0.1, -0.05) is 30.3 Å². The van der Waals surface area contributed by atoms with Crippen LogP contribution in [0.4, 0.5) is 0 Å². The van der Waals surface area contributed by atoms with Gasteiger partial charge in [-0.25, -0.2) is 4.79 Å². The van der Waals surface area contributed by atoms with Crippen LogP contribution in [0.2, 0.25) is 0 Å². The fraction of sp³-hybridized carbons (Fsp3) is 0.259. The largest absolute Gasteiger partial charge is 0.493 e. The highest BCUT2D eigenvalue weighted by Gasteiger charge is 2.53. The van der Waals surface area contributed by atoms with Gasteiger partial charge in [-0.2, -0.15) is 0 Å². The molecule has 1 unspecified atom stereocenters. The number of carbonyl (C=O) groups excluding carboxylic acids is 1. The lowest BCUT2D eigenvalue weighted by Crippen LogP contribution is -2.32. The molecule has 1 aliphatic heterocycles. The first-order chi connectivity index (χ1) is 15.5. The third-order valence-electron chi connectivity index (χ3n) is 6.32. The van der Waals surface area contributed by atoms with E-state index < -0.39 is 5.60 Å². The summed E-state index contributed by atoms with van der Waals surface area (Å²) in [5.41, 5.74) is 4.85. The first kappa shape index (κ1) is 20.3. The Bertz CT molecular complexity index is 1350. The lowest BCUT2D eigenvalue weighted by molar-refractivity contribution is 0.0238. The van der Waals surface area contributed by atoms with E-state index in [1.54, 1.807) is 18.3 Å². The fourth-order valence-electron chi connectivity index (χ4n) is 5.06. The third kappa shape index (κ3) is 2.70. The SMILES string of the molecule is CCOc1cc(C)ccc1C1(c2c(C)n(CC)c3ccccc23)OC(=O)c2cccnc21. The summed E-state index contributed by atoms with van der Waals surface area (Å²) < 4.78 is 14.7. The van der Waals surface area contributed by atoms with Crippen LogP contribution in [0.25, 0.3) is 10.9 Å². The Hall–Kier alpha value is -3.60. The summed E-state index contributed by atoms with van der Waals surface area (Å²) in [5.74, 6) is 0.329. The van der Waals surface area contributed by atoms with Crippen LogP contribution in [0.5, 0.6) is 5.75 Å². The number of nitrogens with zero attached hydrogens (tertiary/aromatic N) is 2. The highest BCUT2D eigenvalue weighted by Crippen LogP contribution is 2.52. The van der Waals surface area contributed by atoms with Gasteiger partial charge in [-0.05, 0) is 57.5 Å². The lowest BCUT2D eigenvalue weighted by Gasteiger charge is -2.31. The second-order valence-corrected chi connectivity index (χ2v) is 8.12. The molecule has 4 aromatic rings. The summed E-state index contributed by atoms with van der Waals surface area (Å²) in [6.45, 7) is 9.51. The molecule has 0 saturated carbocycles. The highest BCUT2D eigenvalue weighted by molar-refractivity contribution is 5.98. The predicted octanol–water partition coefficient (Wildman–Crippen LogP) is 5.53. The Balaban J connectivity index is 1.96. The van der Waals surface area contributed by atoms with Gasteiger partial charge < -0.3 is 14.0 Å². The molecule has 3 heterocycles. The fourth-order valence-corrected chi connectivity index (χ4v) is 5.06. The Morgan fingerprint density at radius 2 is 1.88 bits per heavy atom. The van der Waals surface area contributed by atoms with Gasteiger partial charge in [-0.15, -0.1) is 0 Å². The van der Waals surface area contributed by atoms with Crippen molar-refractivity contribution in [1.29, 1.82) is 0 Å². The number of esters is 1. The molecular formula is C27H26N2O3. The number of aryl methyl sites for hydroxylation is 2. The second kappa shape index (κ2) is 7.52. The molecule has 0 spiro atoms. The molecule has 0 radical (unpaired) electrons. The number of pyridine rings is 1. The van der Waals surface area contributed by atoms with Crippen LogP contribution >= 0.6 is 0 Å². The number of benzene rings is 2. The van der Waals surface area contributed by atoms with Gasteiger partial charge in [0.2, 0.25) is 5.60 Å². The summed E-state index contributed by atoms with van der Waals surface area (Å²) in [4.78, 5) is 17.9. The van der Waals surface area contributed by atoms with Crippen LogP contribution in [0.3, 0.4) is 0 Å². The van der Waals surface area contributed by atoms with Crippen molar-refractivity contribution in [3.8, 4) is 5.75 Å².